The summed E-state index contributed by atoms with van der Waals surface area (Å²) < 4.78 is 6.97. The quantitative estimate of drug-likeness (QED) is 0.440. The first-order valence-electron chi connectivity index (χ1n) is 8.62. The zero-order valence-corrected chi connectivity index (χ0v) is 16.6. The summed E-state index contributed by atoms with van der Waals surface area (Å²) in [5, 5.41) is 5.68. The summed E-state index contributed by atoms with van der Waals surface area (Å²) in [6, 6.07) is 5.17. The fourth-order valence-corrected chi connectivity index (χ4v) is 3.52. The lowest BCUT2D eigenvalue weighted by Crippen LogP contribution is -2.24. The molecule has 1 aromatic carbocycles. The Labute approximate surface area is 161 Å². The van der Waals surface area contributed by atoms with Gasteiger partial charge in [-0.1, -0.05) is 49.3 Å². The van der Waals surface area contributed by atoms with Crippen LogP contribution in [0, 0.1) is 5.92 Å². The molecule has 8 heteroatoms. The van der Waals surface area contributed by atoms with Crippen LogP contribution in [0.3, 0.4) is 0 Å². The SMILES string of the molecule is CCc1noc(CSc2nc3cc(Cl)ccc3c(=O)n2CCC(C)C)n1. The van der Waals surface area contributed by atoms with E-state index in [-0.39, 0.29) is 5.56 Å². The number of halogens is 1. The number of nitrogens with zero attached hydrogens (tertiary/aromatic N) is 4. The van der Waals surface area contributed by atoms with Crippen LogP contribution in [0.25, 0.3) is 10.9 Å². The van der Waals surface area contributed by atoms with E-state index in [1.54, 1.807) is 22.8 Å². The van der Waals surface area contributed by atoms with Gasteiger partial charge in [-0.25, -0.2) is 4.98 Å². The van der Waals surface area contributed by atoms with Crippen molar-refractivity contribution in [1.82, 2.24) is 19.7 Å². The molecule has 0 N–H and O–H groups in total. The van der Waals surface area contributed by atoms with E-state index < -0.39 is 0 Å². The van der Waals surface area contributed by atoms with E-state index in [2.05, 4.69) is 29.0 Å². The van der Waals surface area contributed by atoms with Crippen LogP contribution in [-0.2, 0) is 18.7 Å². The zero-order valence-electron chi connectivity index (χ0n) is 15.0. The summed E-state index contributed by atoms with van der Waals surface area (Å²) in [7, 11) is 0. The molecule has 138 valence electrons. The maximum Gasteiger partial charge on any atom is 0.262 e. The summed E-state index contributed by atoms with van der Waals surface area (Å²) in [5.41, 5.74) is 0.556. The molecule has 0 saturated carbocycles. The second kappa shape index (κ2) is 8.22. The lowest BCUT2D eigenvalue weighted by molar-refractivity contribution is 0.385. The third-order valence-electron chi connectivity index (χ3n) is 3.96. The maximum atomic E-state index is 13.0. The third kappa shape index (κ3) is 4.27. The first-order valence-corrected chi connectivity index (χ1v) is 9.98. The van der Waals surface area contributed by atoms with Gasteiger partial charge < -0.3 is 4.52 Å². The van der Waals surface area contributed by atoms with Crippen molar-refractivity contribution in [2.24, 2.45) is 5.92 Å². The molecule has 0 saturated heterocycles. The minimum absolute atomic E-state index is 0.0467. The van der Waals surface area contributed by atoms with Gasteiger partial charge in [0.05, 0.1) is 16.7 Å². The number of thioether (sulfide) groups is 1. The molecular formula is C18H21ClN4O2S. The molecule has 0 fully saturated rings. The average molecular weight is 393 g/mol. The van der Waals surface area contributed by atoms with Crippen molar-refractivity contribution < 1.29 is 4.52 Å². The van der Waals surface area contributed by atoms with Gasteiger partial charge in [0.25, 0.3) is 5.56 Å². The van der Waals surface area contributed by atoms with E-state index in [9.17, 15) is 4.79 Å². The van der Waals surface area contributed by atoms with E-state index in [4.69, 9.17) is 16.1 Å². The Morgan fingerprint density at radius 2 is 2.12 bits per heavy atom. The minimum atomic E-state index is -0.0467. The molecule has 0 amide bonds. The van der Waals surface area contributed by atoms with Crippen molar-refractivity contribution in [2.75, 3.05) is 0 Å². The van der Waals surface area contributed by atoms with Crippen LogP contribution in [0.4, 0.5) is 0 Å². The Bertz CT molecular complexity index is 967. The number of rotatable bonds is 7. The highest BCUT2D eigenvalue weighted by Crippen LogP contribution is 2.23. The highest BCUT2D eigenvalue weighted by Gasteiger charge is 2.14. The summed E-state index contributed by atoms with van der Waals surface area (Å²) in [4.78, 5) is 21.9. The average Bonchev–Trinajstić information content (AvgIpc) is 3.07. The van der Waals surface area contributed by atoms with Crippen molar-refractivity contribution in [2.45, 2.75) is 51.1 Å². The molecule has 0 spiro atoms. The molecule has 3 aromatic rings. The number of fused-ring (bicyclic) bond motifs is 1. The normalized spacial score (nSPS) is 11.6. The molecule has 0 unspecified atom stereocenters. The summed E-state index contributed by atoms with van der Waals surface area (Å²) in [6.45, 7) is 6.86. The molecule has 6 nitrogen and oxygen atoms in total. The number of hydrogen-bond donors (Lipinski definition) is 0. The zero-order chi connectivity index (χ0) is 18.7. The van der Waals surface area contributed by atoms with Crippen molar-refractivity contribution >= 4 is 34.3 Å². The molecule has 26 heavy (non-hydrogen) atoms. The molecule has 0 radical (unpaired) electrons. The van der Waals surface area contributed by atoms with Crippen LogP contribution in [0.1, 0.15) is 38.9 Å². The minimum Gasteiger partial charge on any atom is -0.338 e. The van der Waals surface area contributed by atoms with Crippen molar-refractivity contribution in [3.05, 3.63) is 45.3 Å². The lowest BCUT2D eigenvalue weighted by atomic mass is 10.1. The molecule has 0 aliphatic rings. The predicted octanol–water partition coefficient (Wildman–Crippen LogP) is 4.33. The van der Waals surface area contributed by atoms with E-state index in [0.29, 0.717) is 51.0 Å². The summed E-state index contributed by atoms with van der Waals surface area (Å²) >= 11 is 7.49. The number of aryl methyl sites for hydroxylation is 1. The first kappa shape index (κ1) is 18.9. The van der Waals surface area contributed by atoms with Crippen molar-refractivity contribution in [1.29, 1.82) is 0 Å². The molecule has 0 aliphatic carbocycles. The smallest absolute Gasteiger partial charge is 0.262 e. The molecular weight excluding hydrogens is 372 g/mol. The van der Waals surface area contributed by atoms with E-state index >= 15 is 0 Å². The van der Waals surface area contributed by atoms with Gasteiger partial charge in [-0.05, 0) is 30.5 Å². The molecule has 0 atom stereocenters. The Kier molecular flexibility index (Phi) is 5.98. The van der Waals surface area contributed by atoms with Crippen molar-refractivity contribution in [3.63, 3.8) is 0 Å². The van der Waals surface area contributed by atoms with Gasteiger partial charge >= 0.3 is 0 Å². The van der Waals surface area contributed by atoms with Gasteiger partial charge in [-0.15, -0.1) is 0 Å². The van der Waals surface area contributed by atoms with E-state index in [1.165, 1.54) is 11.8 Å². The number of benzene rings is 1. The largest absolute Gasteiger partial charge is 0.338 e. The van der Waals surface area contributed by atoms with Crippen LogP contribution in [0.2, 0.25) is 5.02 Å². The monoisotopic (exact) mass is 392 g/mol. The number of aromatic nitrogens is 4. The Morgan fingerprint density at radius 1 is 1.31 bits per heavy atom. The van der Waals surface area contributed by atoms with Gasteiger partial charge in [0.2, 0.25) is 5.89 Å². The van der Waals surface area contributed by atoms with Gasteiger partial charge in [0, 0.05) is 18.0 Å². The molecule has 2 heterocycles. The topological polar surface area (TPSA) is 73.8 Å². The lowest BCUT2D eigenvalue weighted by Gasteiger charge is -2.13. The van der Waals surface area contributed by atoms with E-state index in [0.717, 1.165) is 12.8 Å². The second-order valence-electron chi connectivity index (χ2n) is 6.44. The van der Waals surface area contributed by atoms with Gasteiger partial charge in [-0.2, -0.15) is 4.98 Å². The Morgan fingerprint density at radius 3 is 2.81 bits per heavy atom. The fraction of sp³-hybridized carbons (Fsp3) is 0.444. The van der Waals surface area contributed by atoms with Gasteiger partial charge in [0.1, 0.15) is 0 Å². The number of hydrogen-bond acceptors (Lipinski definition) is 6. The fourth-order valence-electron chi connectivity index (χ4n) is 2.49. The standard InChI is InChI=1S/C18H21ClN4O2S/c1-4-15-21-16(25-22-15)10-26-18-20-14-9-12(19)5-6-13(14)17(24)23(18)8-7-11(2)3/h5-6,9,11H,4,7-8,10H2,1-3H3. The van der Waals surface area contributed by atoms with Crippen LogP contribution in [-0.4, -0.2) is 19.7 Å². The summed E-state index contributed by atoms with van der Waals surface area (Å²) in [6.07, 6.45) is 1.62. The first-order chi connectivity index (χ1) is 12.5. The summed E-state index contributed by atoms with van der Waals surface area (Å²) in [5.74, 6) is 2.16. The highest BCUT2D eigenvalue weighted by molar-refractivity contribution is 7.98. The van der Waals surface area contributed by atoms with Gasteiger partial charge in [-0.3, -0.25) is 9.36 Å². The molecule has 0 bridgehead atoms. The van der Waals surface area contributed by atoms with Crippen LogP contribution < -0.4 is 5.56 Å². The Hall–Kier alpha value is -1.86. The van der Waals surface area contributed by atoms with Crippen molar-refractivity contribution in [3.8, 4) is 0 Å². The van der Waals surface area contributed by atoms with Crippen LogP contribution in [0.5, 0.6) is 0 Å². The maximum absolute atomic E-state index is 13.0. The van der Waals surface area contributed by atoms with Gasteiger partial charge in [0.15, 0.2) is 11.0 Å². The van der Waals surface area contributed by atoms with E-state index in [1.807, 2.05) is 6.92 Å². The molecule has 2 aromatic heterocycles. The third-order valence-corrected chi connectivity index (χ3v) is 5.16. The highest BCUT2D eigenvalue weighted by atomic mass is 35.5. The second-order valence-corrected chi connectivity index (χ2v) is 7.82. The molecule has 3 rings (SSSR count). The van der Waals surface area contributed by atoms with Crippen LogP contribution >= 0.6 is 23.4 Å². The predicted molar refractivity (Wildman–Crippen MR) is 104 cm³/mol. The van der Waals surface area contributed by atoms with Crippen LogP contribution in [0.15, 0.2) is 32.7 Å². The molecule has 0 aliphatic heterocycles. The Balaban J connectivity index is 1.96.